The number of anilines is 3. The summed E-state index contributed by atoms with van der Waals surface area (Å²) in [5.41, 5.74) is 7.88. The molecule has 0 unspecified atom stereocenters. The Hall–Kier alpha value is -3.50. The molecule has 1 fully saturated rings. The fourth-order valence-corrected chi connectivity index (χ4v) is 4.64. The fourth-order valence-electron chi connectivity index (χ4n) is 3.81. The Bertz CT molecular complexity index is 1190. The van der Waals surface area contributed by atoms with Crippen LogP contribution in [0.4, 0.5) is 17.6 Å². The molecule has 0 amide bonds. The topological polar surface area (TPSA) is 111 Å². The predicted molar refractivity (Wildman–Crippen MR) is 129 cm³/mol. The van der Waals surface area contributed by atoms with Gasteiger partial charge in [0.2, 0.25) is 11.9 Å². The first-order valence-electron chi connectivity index (χ1n) is 10.9. The number of para-hydroxylation sites is 2. The molecule has 168 valence electrons. The monoisotopic (exact) mass is 459 g/mol. The molecule has 3 N–H and O–H groups in total. The minimum absolute atomic E-state index is 0.179. The average molecular weight is 460 g/mol. The van der Waals surface area contributed by atoms with Crippen LogP contribution in [0, 0.1) is 0 Å². The highest BCUT2D eigenvalue weighted by atomic mass is 32.2. The maximum absolute atomic E-state index is 5.95. The van der Waals surface area contributed by atoms with Gasteiger partial charge in [-0.15, -0.1) is 10.2 Å². The highest BCUT2D eigenvalue weighted by Crippen LogP contribution is 2.26. The molecule has 0 spiro atoms. The van der Waals surface area contributed by atoms with Crippen molar-refractivity contribution in [2.24, 2.45) is 0 Å². The van der Waals surface area contributed by atoms with E-state index in [1.807, 2.05) is 48.5 Å². The maximum Gasteiger partial charge on any atom is 0.232 e. The number of benzene rings is 2. The second-order valence-corrected chi connectivity index (χ2v) is 8.71. The summed E-state index contributed by atoms with van der Waals surface area (Å²) >= 11 is 1.53. The number of nitrogens with one attached hydrogen (secondary N) is 1. The van der Waals surface area contributed by atoms with Gasteiger partial charge in [-0.3, -0.25) is 9.47 Å². The van der Waals surface area contributed by atoms with Gasteiger partial charge in [-0.25, -0.2) is 0 Å². The maximum atomic E-state index is 5.95. The summed E-state index contributed by atoms with van der Waals surface area (Å²) < 4.78 is 2.12. The summed E-state index contributed by atoms with van der Waals surface area (Å²) in [6.07, 6.45) is 2.47. The number of rotatable bonds is 8. The number of likely N-dealkylation sites (tertiary alicyclic amines) is 1. The molecular weight excluding hydrogens is 434 g/mol. The minimum Gasteiger partial charge on any atom is -0.368 e. The normalized spacial score (nSPS) is 13.9. The number of hydrogen-bond acceptors (Lipinski definition) is 9. The van der Waals surface area contributed by atoms with Gasteiger partial charge in [-0.1, -0.05) is 48.2 Å². The van der Waals surface area contributed by atoms with E-state index in [1.165, 1.54) is 24.6 Å². The van der Waals surface area contributed by atoms with Gasteiger partial charge in [0, 0.05) is 11.4 Å². The number of hydrogen-bond donors (Lipinski definition) is 2. The van der Waals surface area contributed by atoms with Gasteiger partial charge < -0.3 is 11.1 Å². The lowest BCUT2D eigenvalue weighted by atomic mass is 10.3. The summed E-state index contributed by atoms with van der Waals surface area (Å²) in [6, 6.07) is 19.9. The third-order valence-corrected chi connectivity index (χ3v) is 6.26. The van der Waals surface area contributed by atoms with Gasteiger partial charge in [0.25, 0.3) is 0 Å². The van der Waals surface area contributed by atoms with Crippen molar-refractivity contribution >= 4 is 29.3 Å². The van der Waals surface area contributed by atoms with E-state index >= 15 is 0 Å². The van der Waals surface area contributed by atoms with E-state index in [9.17, 15) is 0 Å². The molecule has 4 aromatic rings. The van der Waals surface area contributed by atoms with E-state index in [1.54, 1.807) is 0 Å². The Kier molecular flexibility index (Phi) is 6.45. The molecule has 1 aliphatic rings. The number of nitrogens with zero attached hydrogens (tertiary/aromatic N) is 7. The van der Waals surface area contributed by atoms with Crippen LogP contribution in [0.25, 0.3) is 5.69 Å². The van der Waals surface area contributed by atoms with Crippen LogP contribution >= 0.6 is 11.8 Å². The molecule has 10 heteroatoms. The molecule has 5 rings (SSSR count). The molecule has 0 saturated carbocycles. The highest BCUT2D eigenvalue weighted by molar-refractivity contribution is 7.98. The molecule has 9 nitrogen and oxygen atoms in total. The van der Waals surface area contributed by atoms with Gasteiger partial charge in [0.15, 0.2) is 11.0 Å². The van der Waals surface area contributed by atoms with Crippen LogP contribution in [0.5, 0.6) is 0 Å². The zero-order valence-corrected chi connectivity index (χ0v) is 18.9. The molecular formula is C23H25N9S. The number of aromatic nitrogens is 6. The molecule has 1 aliphatic heterocycles. The van der Waals surface area contributed by atoms with Crippen molar-refractivity contribution in [1.29, 1.82) is 0 Å². The molecule has 2 aromatic heterocycles. The summed E-state index contributed by atoms with van der Waals surface area (Å²) in [4.78, 5) is 15.5. The Morgan fingerprint density at radius 2 is 1.61 bits per heavy atom. The van der Waals surface area contributed by atoms with Crippen molar-refractivity contribution in [1.82, 2.24) is 34.6 Å². The molecule has 33 heavy (non-hydrogen) atoms. The molecule has 0 radical (unpaired) electrons. The smallest absolute Gasteiger partial charge is 0.232 e. The second-order valence-electron chi connectivity index (χ2n) is 7.77. The van der Waals surface area contributed by atoms with E-state index in [0.29, 0.717) is 17.5 Å². The summed E-state index contributed by atoms with van der Waals surface area (Å²) in [6.45, 7) is 2.99. The third-order valence-electron chi connectivity index (χ3n) is 5.34. The van der Waals surface area contributed by atoms with Gasteiger partial charge >= 0.3 is 0 Å². The Morgan fingerprint density at radius 1 is 0.879 bits per heavy atom. The first-order valence-corrected chi connectivity index (χ1v) is 11.9. The lowest BCUT2D eigenvalue weighted by molar-refractivity contribution is 0.319. The summed E-state index contributed by atoms with van der Waals surface area (Å²) in [5.74, 6) is 2.61. The third kappa shape index (κ3) is 5.29. The van der Waals surface area contributed by atoms with E-state index in [4.69, 9.17) is 5.73 Å². The van der Waals surface area contributed by atoms with Crippen LogP contribution in [0.15, 0.2) is 65.8 Å². The quantitative estimate of drug-likeness (QED) is 0.381. The fraction of sp³-hybridized carbons (Fsp3) is 0.261. The molecule has 0 atom stereocenters. The van der Waals surface area contributed by atoms with Crippen molar-refractivity contribution in [3.8, 4) is 5.69 Å². The SMILES string of the molecule is Nc1nc(CSc2nnc(CN3CCCC3)n2-c2ccccc2)nc(Nc2ccccc2)n1. The lowest BCUT2D eigenvalue weighted by Crippen LogP contribution is -2.21. The molecule has 2 aromatic carbocycles. The highest BCUT2D eigenvalue weighted by Gasteiger charge is 2.20. The lowest BCUT2D eigenvalue weighted by Gasteiger charge is -2.16. The van der Waals surface area contributed by atoms with Crippen LogP contribution in [0.1, 0.15) is 24.5 Å². The molecule has 1 saturated heterocycles. The van der Waals surface area contributed by atoms with Gasteiger partial charge in [0.05, 0.1) is 12.3 Å². The number of thioether (sulfide) groups is 1. The van der Waals surface area contributed by atoms with Crippen molar-refractivity contribution in [2.75, 3.05) is 24.1 Å². The number of nitrogens with two attached hydrogens (primary N) is 1. The van der Waals surface area contributed by atoms with Crippen molar-refractivity contribution < 1.29 is 0 Å². The first kappa shape index (κ1) is 21.4. The molecule has 3 heterocycles. The Balaban J connectivity index is 1.36. The average Bonchev–Trinajstić information content (AvgIpc) is 3.49. The molecule has 0 bridgehead atoms. The summed E-state index contributed by atoms with van der Waals surface area (Å²) in [5, 5.41) is 13.0. The zero-order valence-electron chi connectivity index (χ0n) is 18.1. The summed E-state index contributed by atoms with van der Waals surface area (Å²) in [7, 11) is 0. The van der Waals surface area contributed by atoms with E-state index < -0.39 is 0 Å². The first-order chi connectivity index (χ1) is 16.2. The van der Waals surface area contributed by atoms with Crippen LogP contribution < -0.4 is 11.1 Å². The standard InChI is InChI=1S/C23H25N9S/c24-21-26-19(27-22(28-21)25-17-9-3-1-4-10-17)16-33-23-30-29-20(15-31-13-7-8-14-31)32(23)18-11-5-2-6-12-18/h1-6,9-12H,7-8,13-16H2,(H3,24,25,26,27,28). The van der Waals surface area contributed by atoms with Gasteiger partial charge in [0.1, 0.15) is 5.82 Å². The predicted octanol–water partition coefficient (Wildman–Crippen LogP) is 3.67. The van der Waals surface area contributed by atoms with Crippen LogP contribution in [-0.2, 0) is 12.3 Å². The van der Waals surface area contributed by atoms with Crippen molar-refractivity contribution in [3.05, 3.63) is 72.3 Å². The van der Waals surface area contributed by atoms with Gasteiger partial charge in [-0.2, -0.15) is 15.0 Å². The molecule has 0 aliphatic carbocycles. The Morgan fingerprint density at radius 3 is 2.36 bits per heavy atom. The minimum atomic E-state index is 0.179. The zero-order chi connectivity index (χ0) is 22.5. The van der Waals surface area contributed by atoms with Crippen LogP contribution in [-0.4, -0.2) is 47.7 Å². The largest absolute Gasteiger partial charge is 0.368 e. The van der Waals surface area contributed by atoms with Crippen molar-refractivity contribution in [2.45, 2.75) is 30.3 Å². The second kappa shape index (κ2) is 9.97. The van der Waals surface area contributed by atoms with E-state index in [0.717, 1.165) is 42.0 Å². The van der Waals surface area contributed by atoms with Gasteiger partial charge in [-0.05, 0) is 50.2 Å². The number of nitrogen functional groups attached to an aromatic ring is 1. The van der Waals surface area contributed by atoms with Crippen molar-refractivity contribution in [3.63, 3.8) is 0 Å². The van der Waals surface area contributed by atoms with E-state index in [-0.39, 0.29) is 5.95 Å². The van der Waals surface area contributed by atoms with Crippen LogP contribution in [0.3, 0.4) is 0 Å². The Labute approximate surface area is 196 Å². The van der Waals surface area contributed by atoms with E-state index in [2.05, 4.69) is 52.1 Å². The van der Waals surface area contributed by atoms with Crippen LogP contribution in [0.2, 0.25) is 0 Å².